The third-order valence-electron chi connectivity index (χ3n) is 9.62. The van der Waals surface area contributed by atoms with Gasteiger partial charge in [0.05, 0.1) is 12.0 Å². The molecule has 46 heavy (non-hydrogen) atoms. The number of amides is 2. The lowest BCUT2D eigenvalue weighted by Gasteiger charge is -2.33. The van der Waals surface area contributed by atoms with Crippen LogP contribution in [0.5, 0.6) is 0 Å². The Hall–Kier alpha value is -3.60. The van der Waals surface area contributed by atoms with Crippen LogP contribution in [0, 0.1) is 0 Å². The highest BCUT2D eigenvalue weighted by Gasteiger charge is 2.27. The third-order valence-corrected chi connectivity index (χ3v) is 9.62. The van der Waals surface area contributed by atoms with Crippen molar-refractivity contribution in [2.45, 2.75) is 88.4 Å². The average Bonchev–Trinajstić information content (AvgIpc) is 3.74. The summed E-state index contributed by atoms with van der Waals surface area (Å²) >= 11 is 0. The van der Waals surface area contributed by atoms with E-state index >= 15 is 0 Å². The van der Waals surface area contributed by atoms with Crippen LogP contribution in [0.1, 0.15) is 70.3 Å². The topological polar surface area (TPSA) is 126 Å². The number of piperidine rings is 1. The van der Waals surface area contributed by atoms with E-state index in [1.54, 1.807) is 0 Å². The maximum Gasteiger partial charge on any atom is 0.321 e. The van der Waals surface area contributed by atoms with Crippen molar-refractivity contribution in [3.05, 3.63) is 60.9 Å². The van der Waals surface area contributed by atoms with E-state index in [0.29, 0.717) is 37.2 Å². The van der Waals surface area contributed by atoms with Gasteiger partial charge in [0.2, 0.25) is 5.95 Å². The number of nitrogens with two attached hydrogens (primary N) is 1. The fraction of sp³-hybridized carbons (Fsp3) is 0.471. The van der Waals surface area contributed by atoms with Crippen molar-refractivity contribution in [1.29, 1.82) is 0 Å². The first-order valence-electron chi connectivity index (χ1n) is 16.3. The molecule has 3 aliphatic rings. The summed E-state index contributed by atoms with van der Waals surface area (Å²) in [4.78, 5) is 30.0. The fourth-order valence-electron chi connectivity index (χ4n) is 7.05. The van der Waals surface area contributed by atoms with E-state index in [-0.39, 0.29) is 36.9 Å². The minimum Gasteiger partial charge on any atom is -0.365 e. The quantitative estimate of drug-likeness (QED) is 0.164. The van der Waals surface area contributed by atoms with Crippen molar-refractivity contribution in [2.24, 2.45) is 5.73 Å². The van der Waals surface area contributed by atoms with E-state index in [2.05, 4.69) is 32.7 Å². The molecule has 2 saturated carbocycles. The van der Waals surface area contributed by atoms with Gasteiger partial charge in [0.1, 0.15) is 0 Å². The SMILES string of the molecule is Cl.Cl.N[C@H]1CC[C@H](Nc2nc(NC3CCN(C(=O)Nc4ccccc4-c4ccccc4)CC3)c3ncn(C4CCCC4)c3n2)CC1. The number of imidazole rings is 1. The summed E-state index contributed by atoms with van der Waals surface area (Å²) in [6, 6.07) is 19.3. The first-order valence-corrected chi connectivity index (χ1v) is 16.3. The van der Waals surface area contributed by atoms with Gasteiger partial charge >= 0.3 is 6.03 Å². The van der Waals surface area contributed by atoms with Gasteiger partial charge in [-0.3, -0.25) is 0 Å². The number of rotatable bonds is 7. The Morgan fingerprint density at radius 2 is 1.46 bits per heavy atom. The van der Waals surface area contributed by atoms with Gasteiger partial charge in [0.25, 0.3) is 0 Å². The van der Waals surface area contributed by atoms with Crippen molar-refractivity contribution in [2.75, 3.05) is 29.0 Å². The van der Waals surface area contributed by atoms with Crippen LogP contribution in [0.2, 0.25) is 0 Å². The van der Waals surface area contributed by atoms with E-state index < -0.39 is 0 Å². The summed E-state index contributed by atoms with van der Waals surface area (Å²) in [5.74, 6) is 1.44. The minimum atomic E-state index is -0.0646. The third kappa shape index (κ3) is 7.51. The molecule has 0 radical (unpaired) electrons. The maximum absolute atomic E-state index is 13.3. The van der Waals surface area contributed by atoms with Crippen LogP contribution >= 0.6 is 24.8 Å². The molecule has 5 N–H and O–H groups in total. The van der Waals surface area contributed by atoms with Gasteiger partial charge in [-0.15, -0.1) is 24.8 Å². The normalized spacial score (nSPS) is 20.5. The van der Waals surface area contributed by atoms with Crippen LogP contribution in [0.4, 0.5) is 22.2 Å². The van der Waals surface area contributed by atoms with Gasteiger partial charge in [-0.1, -0.05) is 61.4 Å². The zero-order valence-electron chi connectivity index (χ0n) is 26.1. The summed E-state index contributed by atoms with van der Waals surface area (Å²) in [6.45, 7) is 1.32. The highest BCUT2D eigenvalue weighted by molar-refractivity contribution is 5.94. The molecule has 0 bridgehead atoms. The Balaban J connectivity index is 0.00000208. The number of urea groups is 1. The number of likely N-dealkylation sites (tertiary alicyclic amines) is 1. The second-order valence-corrected chi connectivity index (χ2v) is 12.7. The highest BCUT2D eigenvalue weighted by Crippen LogP contribution is 2.34. The van der Waals surface area contributed by atoms with Crippen molar-refractivity contribution in [3.63, 3.8) is 0 Å². The number of para-hydroxylation sites is 1. The molecular weight excluding hydrogens is 621 g/mol. The molecule has 3 heterocycles. The molecule has 2 aromatic carbocycles. The predicted molar refractivity (Wildman–Crippen MR) is 190 cm³/mol. The van der Waals surface area contributed by atoms with Gasteiger partial charge < -0.3 is 31.2 Å². The van der Waals surface area contributed by atoms with Gasteiger partial charge in [0, 0.05) is 42.8 Å². The number of hydrogen-bond acceptors (Lipinski definition) is 7. The summed E-state index contributed by atoms with van der Waals surface area (Å²) in [5, 5.41) is 10.5. The minimum absolute atomic E-state index is 0. The van der Waals surface area contributed by atoms with Crippen LogP contribution < -0.4 is 21.7 Å². The molecule has 3 fully saturated rings. The number of nitrogens with zero attached hydrogens (tertiary/aromatic N) is 5. The van der Waals surface area contributed by atoms with Crippen LogP contribution in [0.15, 0.2) is 60.9 Å². The summed E-state index contributed by atoms with van der Waals surface area (Å²) in [7, 11) is 0. The summed E-state index contributed by atoms with van der Waals surface area (Å²) in [6.07, 6.45) is 12.5. The Bertz CT molecular complexity index is 1580. The van der Waals surface area contributed by atoms with Crippen LogP contribution in [0.3, 0.4) is 0 Å². The highest BCUT2D eigenvalue weighted by atomic mass is 35.5. The molecule has 2 aliphatic carbocycles. The molecule has 0 unspecified atom stereocenters. The largest absolute Gasteiger partial charge is 0.365 e. The molecule has 1 saturated heterocycles. The summed E-state index contributed by atoms with van der Waals surface area (Å²) < 4.78 is 2.26. The summed E-state index contributed by atoms with van der Waals surface area (Å²) in [5.41, 5.74) is 10.8. The molecule has 2 amide bonds. The maximum atomic E-state index is 13.3. The number of anilines is 3. The molecular formula is C34H45Cl2N9O. The van der Waals surface area contributed by atoms with E-state index in [1.807, 2.05) is 53.7 Å². The van der Waals surface area contributed by atoms with Crippen molar-refractivity contribution < 1.29 is 4.79 Å². The van der Waals surface area contributed by atoms with E-state index in [0.717, 1.165) is 85.2 Å². The van der Waals surface area contributed by atoms with Gasteiger partial charge in [0.15, 0.2) is 17.0 Å². The fourth-order valence-corrected chi connectivity index (χ4v) is 7.05. The van der Waals surface area contributed by atoms with E-state index in [1.165, 1.54) is 12.8 Å². The molecule has 0 spiro atoms. The second-order valence-electron chi connectivity index (χ2n) is 12.7. The Morgan fingerprint density at radius 3 is 2.20 bits per heavy atom. The lowest BCUT2D eigenvalue weighted by Crippen LogP contribution is -2.44. The number of carbonyl (C=O) groups excluding carboxylic acids is 1. The number of carbonyl (C=O) groups is 1. The number of nitrogens with one attached hydrogen (secondary N) is 3. The van der Waals surface area contributed by atoms with Gasteiger partial charge in [-0.05, 0) is 63.0 Å². The molecule has 12 heteroatoms. The standard InChI is InChI=1S/C34H43N9O.2ClH/c35-24-14-16-25(17-15-24)38-33-40-31(30-32(41-33)43(22-36-30)27-10-4-5-11-27)37-26-18-20-42(21-19-26)34(44)39-29-13-7-6-12-28(29)23-8-2-1-3-9-23;;/h1-3,6-9,12-13,22,24-27H,4-5,10-11,14-21,35H2,(H,39,44)(H2,37,38,40,41);2*1H/t24-,25-;;. The molecule has 7 rings (SSSR count). The van der Waals surface area contributed by atoms with Crippen LogP contribution in [0.25, 0.3) is 22.3 Å². The molecule has 2 aromatic heterocycles. The molecule has 10 nitrogen and oxygen atoms in total. The smallest absolute Gasteiger partial charge is 0.321 e. The van der Waals surface area contributed by atoms with Gasteiger partial charge in [-0.25, -0.2) is 9.78 Å². The zero-order valence-corrected chi connectivity index (χ0v) is 27.7. The van der Waals surface area contributed by atoms with Crippen molar-refractivity contribution >= 4 is 59.5 Å². The monoisotopic (exact) mass is 665 g/mol. The average molecular weight is 667 g/mol. The number of halogens is 2. The first-order chi connectivity index (χ1) is 21.6. The predicted octanol–water partition coefficient (Wildman–Crippen LogP) is 7.24. The number of aromatic nitrogens is 4. The van der Waals surface area contributed by atoms with E-state index in [9.17, 15) is 4.79 Å². The Kier molecular flexibility index (Phi) is 11.2. The zero-order chi connectivity index (χ0) is 29.9. The number of hydrogen-bond donors (Lipinski definition) is 4. The molecule has 0 atom stereocenters. The first kappa shape index (κ1) is 33.8. The molecule has 4 aromatic rings. The number of fused-ring (bicyclic) bond motifs is 1. The van der Waals surface area contributed by atoms with Crippen molar-refractivity contribution in [1.82, 2.24) is 24.4 Å². The van der Waals surface area contributed by atoms with E-state index in [4.69, 9.17) is 20.7 Å². The molecule has 246 valence electrons. The number of benzene rings is 2. The Morgan fingerprint density at radius 1 is 0.783 bits per heavy atom. The second kappa shape index (κ2) is 15.3. The van der Waals surface area contributed by atoms with Crippen LogP contribution in [-0.4, -0.2) is 61.7 Å². The Labute approximate surface area is 283 Å². The van der Waals surface area contributed by atoms with Crippen molar-refractivity contribution in [3.8, 4) is 11.1 Å². The molecule has 1 aliphatic heterocycles. The van der Waals surface area contributed by atoms with Gasteiger partial charge in [-0.2, -0.15) is 9.97 Å². The lowest BCUT2D eigenvalue weighted by molar-refractivity contribution is 0.197. The lowest BCUT2D eigenvalue weighted by atomic mass is 9.92. The van der Waals surface area contributed by atoms with Crippen LogP contribution in [-0.2, 0) is 0 Å².